The zero-order valence-corrected chi connectivity index (χ0v) is 16.0. The summed E-state index contributed by atoms with van der Waals surface area (Å²) in [7, 11) is 1.65. The lowest BCUT2D eigenvalue weighted by Gasteiger charge is -2.43. The van der Waals surface area contributed by atoms with Crippen LogP contribution in [0.1, 0.15) is 61.3 Å². The molecular formula is C18H37NO3. The predicted octanol–water partition coefficient (Wildman–Crippen LogP) is 3.74. The molecule has 0 aromatic carbocycles. The smallest absolute Gasteiger partial charge is 0.225 e. The first-order valence-electron chi connectivity index (χ1n) is 8.37. The molecule has 0 aromatic heterocycles. The Morgan fingerprint density at radius 1 is 1.05 bits per heavy atom. The fraction of sp³-hybridized carbons (Fsp3) is 0.944. The Hall–Kier alpha value is -0.610. The normalized spacial score (nSPS) is 12.8. The lowest BCUT2D eigenvalue weighted by atomic mass is 9.80. The molecule has 0 N–H and O–H groups in total. The number of methoxy groups -OCH3 is 1. The molecule has 132 valence electrons. The van der Waals surface area contributed by atoms with Crippen LogP contribution in [0.5, 0.6) is 0 Å². The Kier molecular flexibility index (Phi) is 9.25. The van der Waals surface area contributed by atoms with Crippen molar-refractivity contribution in [2.75, 3.05) is 33.5 Å². The van der Waals surface area contributed by atoms with Crippen LogP contribution in [0.2, 0.25) is 0 Å². The first-order valence-corrected chi connectivity index (χ1v) is 8.37. The van der Waals surface area contributed by atoms with Gasteiger partial charge in [-0.05, 0) is 31.6 Å². The summed E-state index contributed by atoms with van der Waals surface area (Å²) in [5.41, 5.74) is 0.0418. The van der Waals surface area contributed by atoms with Crippen molar-refractivity contribution >= 4 is 5.91 Å². The monoisotopic (exact) mass is 315 g/mol. The predicted molar refractivity (Wildman–Crippen MR) is 92.0 cm³/mol. The zero-order chi connectivity index (χ0) is 17.4. The molecule has 0 saturated heterocycles. The first-order chi connectivity index (χ1) is 9.99. The van der Waals surface area contributed by atoms with E-state index in [1.807, 2.05) is 4.90 Å². The second kappa shape index (κ2) is 9.51. The van der Waals surface area contributed by atoms with Crippen molar-refractivity contribution < 1.29 is 14.3 Å². The molecule has 0 fully saturated rings. The van der Waals surface area contributed by atoms with Gasteiger partial charge >= 0.3 is 0 Å². The van der Waals surface area contributed by atoms with Gasteiger partial charge in [-0.2, -0.15) is 0 Å². The molecule has 0 unspecified atom stereocenters. The molecule has 0 aliphatic heterocycles. The Morgan fingerprint density at radius 3 is 2.09 bits per heavy atom. The van der Waals surface area contributed by atoms with Crippen LogP contribution in [-0.2, 0) is 14.3 Å². The highest BCUT2D eigenvalue weighted by Crippen LogP contribution is 2.32. The standard InChI is InChI=1S/C18H37NO3/c1-15(2)13-19(18(6,7)14-17(3,4)5)16(20)9-10-22-12-11-21-8/h15H,9-14H2,1-8H3. The van der Waals surface area contributed by atoms with Gasteiger partial charge in [0.25, 0.3) is 0 Å². The quantitative estimate of drug-likeness (QED) is 0.576. The topological polar surface area (TPSA) is 38.8 Å². The maximum atomic E-state index is 12.7. The van der Waals surface area contributed by atoms with Crippen molar-refractivity contribution in [3.8, 4) is 0 Å². The Labute approximate surface area is 137 Å². The average molecular weight is 315 g/mol. The van der Waals surface area contributed by atoms with E-state index in [-0.39, 0.29) is 16.9 Å². The molecule has 0 spiro atoms. The highest BCUT2D eigenvalue weighted by Gasteiger charge is 2.34. The number of amides is 1. The summed E-state index contributed by atoms with van der Waals surface area (Å²) in [4.78, 5) is 14.7. The summed E-state index contributed by atoms with van der Waals surface area (Å²) in [6.45, 7) is 17.7. The number of carbonyl (C=O) groups is 1. The third-order valence-corrected chi connectivity index (χ3v) is 3.43. The molecule has 0 radical (unpaired) electrons. The maximum Gasteiger partial charge on any atom is 0.225 e. The summed E-state index contributed by atoms with van der Waals surface area (Å²) in [5, 5.41) is 0. The second-order valence-corrected chi connectivity index (χ2v) is 8.30. The molecule has 4 nitrogen and oxygen atoms in total. The van der Waals surface area contributed by atoms with Crippen LogP contribution < -0.4 is 0 Å². The van der Waals surface area contributed by atoms with Gasteiger partial charge in [0.1, 0.15) is 0 Å². The number of hydrogen-bond acceptors (Lipinski definition) is 3. The van der Waals surface area contributed by atoms with E-state index in [0.717, 1.165) is 13.0 Å². The molecule has 0 atom stereocenters. The number of ether oxygens (including phenoxy) is 2. The Bertz CT molecular complexity index is 319. The van der Waals surface area contributed by atoms with Gasteiger partial charge < -0.3 is 14.4 Å². The van der Waals surface area contributed by atoms with Crippen LogP contribution in [0.4, 0.5) is 0 Å². The van der Waals surface area contributed by atoms with Crippen LogP contribution in [0.25, 0.3) is 0 Å². The van der Waals surface area contributed by atoms with Gasteiger partial charge in [-0.25, -0.2) is 0 Å². The van der Waals surface area contributed by atoms with Gasteiger partial charge in [-0.3, -0.25) is 4.79 Å². The molecule has 0 bridgehead atoms. The van der Waals surface area contributed by atoms with Crippen molar-refractivity contribution in [3.05, 3.63) is 0 Å². The minimum Gasteiger partial charge on any atom is -0.382 e. The molecule has 1 amide bonds. The fourth-order valence-electron chi connectivity index (χ4n) is 2.98. The van der Waals surface area contributed by atoms with Crippen LogP contribution in [0.15, 0.2) is 0 Å². The summed E-state index contributed by atoms with van der Waals surface area (Å²) in [6.07, 6.45) is 1.41. The van der Waals surface area contributed by atoms with E-state index < -0.39 is 0 Å². The van der Waals surface area contributed by atoms with E-state index >= 15 is 0 Å². The van der Waals surface area contributed by atoms with Crippen molar-refractivity contribution in [2.24, 2.45) is 11.3 Å². The molecular weight excluding hydrogens is 278 g/mol. The van der Waals surface area contributed by atoms with E-state index in [1.54, 1.807) is 7.11 Å². The molecule has 4 heteroatoms. The first kappa shape index (κ1) is 21.4. The van der Waals surface area contributed by atoms with Gasteiger partial charge in [0.2, 0.25) is 5.91 Å². The highest BCUT2D eigenvalue weighted by molar-refractivity contribution is 5.77. The largest absolute Gasteiger partial charge is 0.382 e. The number of hydrogen-bond donors (Lipinski definition) is 0. The highest BCUT2D eigenvalue weighted by atomic mass is 16.5. The maximum absolute atomic E-state index is 12.7. The molecule has 22 heavy (non-hydrogen) atoms. The van der Waals surface area contributed by atoms with Crippen LogP contribution >= 0.6 is 0 Å². The zero-order valence-electron chi connectivity index (χ0n) is 16.0. The molecule has 0 aromatic rings. The van der Waals surface area contributed by atoms with Crippen molar-refractivity contribution in [3.63, 3.8) is 0 Å². The SMILES string of the molecule is COCCOCCC(=O)N(CC(C)C)C(C)(C)CC(C)(C)C. The minimum atomic E-state index is -0.147. The van der Waals surface area contributed by atoms with E-state index in [9.17, 15) is 4.79 Å². The fourth-order valence-corrected chi connectivity index (χ4v) is 2.98. The Morgan fingerprint density at radius 2 is 1.64 bits per heavy atom. The van der Waals surface area contributed by atoms with Crippen LogP contribution in [0, 0.1) is 11.3 Å². The summed E-state index contributed by atoms with van der Waals surface area (Å²) < 4.78 is 10.4. The molecule has 0 aliphatic carbocycles. The molecule has 0 heterocycles. The van der Waals surface area contributed by atoms with E-state index in [1.165, 1.54) is 0 Å². The second-order valence-electron chi connectivity index (χ2n) is 8.30. The van der Waals surface area contributed by atoms with E-state index in [2.05, 4.69) is 48.5 Å². The molecule has 0 aliphatic rings. The van der Waals surface area contributed by atoms with E-state index in [4.69, 9.17) is 9.47 Å². The number of rotatable bonds is 10. The van der Waals surface area contributed by atoms with Gasteiger partial charge in [0.05, 0.1) is 26.2 Å². The lowest BCUT2D eigenvalue weighted by molar-refractivity contribution is -0.139. The van der Waals surface area contributed by atoms with Crippen molar-refractivity contribution in [1.29, 1.82) is 0 Å². The van der Waals surface area contributed by atoms with Gasteiger partial charge in [-0.15, -0.1) is 0 Å². The summed E-state index contributed by atoms with van der Waals surface area (Å²) in [6, 6.07) is 0. The summed E-state index contributed by atoms with van der Waals surface area (Å²) in [5.74, 6) is 0.637. The number of carbonyl (C=O) groups excluding carboxylic acids is 1. The lowest BCUT2D eigenvalue weighted by Crippen LogP contribution is -2.51. The van der Waals surface area contributed by atoms with E-state index in [0.29, 0.717) is 32.2 Å². The van der Waals surface area contributed by atoms with Crippen molar-refractivity contribution in [1.82, 2.24) is 4.90 Å². The molecule has 0 saturated carbocycles. The van der Waals surface area contributed by atoms with Gasteiger partial charge in [-0.1, -0.05) is 34.6 Å². The van der Waals surface area contributed by atoms with Crippen LogP contribution in [0.3, 0.4) is 0 Å². The van der Waals surface area contributed by atoms with Crippen molar-refractivity contribution in [2.45, 2.75) is 66.8 Å². The van der Waals surface area contributed by atoms with Gasteiger partial charge in [0, 0.05) is 19.2 Å². The average Bonchev–Trinajstić information content (AvgIpc) is 2.32. The van der Waals surface area contributed by atoms with Gasteiger partial charge in [0.15, 0.2) is 0 Å². The molecule has 0 rings (SSSR count). The Balaban J connectivity index is 4.70. The third kappa shape index (κ3) is 9.42. The summed E-state index contributed by atoms with van der Waals surface area (Å²) >= 11 is 0. The third-order valence-electron chi connectivity index (χ3n) is 3.43. The minimum absolute atomic E-state index is 0.147. The van der Waals surface area contributed by atoms with Crippen LogP contribution in [-0.4, -0.2) is 49.8 Å². The number of nitrogens with zero attached hydrogens (tertiary/aromatic N) is 1.